The van der Waals surface area contributed by atoms with Crippen LogP contribution in [0.25, 0.3) is 0 Å². The van der Waals surface area contributed by atoms with E-state index >= 15 is 0 Å². The number of nitrogens with two attached hydrogens (primary N) is 1. The van der Waals surface area contributed by atoms with Crippen LogP contribution in [0, 0.1) is 5.41 Å². The van der Waals surface area contributed by atoms with Crippen molar-refractivity contribution in [3.8, 4) is 0 Å². The standard InChI is InChI=1S/C14H29NO4S/c1-13(2,18-3)9-10-19-11-14(12-20(15,16)17)7-5-4-6-8-14/h4-12H2,1-3H3,(H2,15,16,17). The SMILES string of the molecule is COC(C)(C)CCOCC1(CS(N)(=O)=O)CCCCC1. The molecule has 6 heteroatoms. The first kappa shape index (κ1) is 17.9. The number of sulfonamides is 1. The molecule has 1 rings (SSSR count). The van der Waals surface area contributed by atoms with Gasteiger partial charge in [-0.05, 0) is 33.1 Å². The summed E-state index contributed by atoms with van der Waals surface area (Å²) in [5.41, 5.74) is -0.497. The Labute approximate surface area is 123 Å². The second-order valence-electron chi connectivity index (χ2n) is 6.63. The van der Waals surface area contributed by atoms with Gasteiger partial charge in [-0.1, -0.05) is 19.3 Å². The van der Waals surface area contributed by atoms with Crippen LogP contribution in [0.4, 0.5) is 0 Å². The molecule has 0 unspecified atom stereocenters. The Kier molecular flexibility index (Phi) is 6.44. The molecule has 120 valence electrons. The Balaban J connectivity index is 2.49. The van der Waals surface area contributed by atoms with Crippen LogP contribution in [0.3, 0.4) is 0 Å². The van der Waals surface area contributed by atoms with Gasteiger partial charge in [0.2, 0.25) is 10.0 Å². The lowest BCUT2D eigenvalue weighted by molar-refractivity contribution is -0.0275. The summed E-state index contributed by atoms with van der Waals surface area (Å²) in [4.78, 5) is 0. The largest absolute Gasteiger partial charge is 0.381 e. The quantitative estimate of drug-likeness (QED) is 0.696. The van der Waals surface area contributed by atoms with Gasteiger partial charge in [0.05, 0.1) is 18.0 Å². The molecule has 0 aliphatic heterocycles. The van der Waals surface area contributed by atoms with E-state index in [9.17, 15) is 8.42 Å². The third-order valence-electron chi connectivity index (χ3n) is 4.23. The van der Waals surface area contributed by atoms with Crippen molar-refractivity contribution in [2.24, 2.45) is 10.6 Å². The molecule has 0 heterocycles. The number of rotatable bonds is 8. The van der Waals surface area contributed by atoms with E-state index in [-0.39, 0.29) is 16.8 Å². The topological polar surface area (TPSA) is 78.6 Å². The number of ether oxygens (including phenoxy) is 2. The smallest absolute Gasteiger partial charge is 0.209 e. The molecule has 1 aliphatic carbocycles. The van der Waals surface area contributed by atoms with Gasteiger partial charge >= 0.3 is 0 Å². The molecule has 0 saturated heterocycles. The molecule has 1 aliphatic rings. The lowest BCUT2D eigenvalue weighted by Crippen LogP contribution is -2.39. The summed E-state index contributed by atoms with van der Waals surface area (Å²) in [5, 5.41) is 5.24. The summed E-state index contributed by atoms with van der Waals surface area (Å²) in [6.45, 7) is 5.07. The monoisotopic (exact) mass is 307 g/mol. The van der Waals surface area contributed by atoms with Crippen molar-refractivity contribution in [3.63, 3.8) is 0 Å². The van der Waals surface area contributed by atoms with Crippen molar-refractivity contribution in [1.82, 2.24) is 0 Å². The Morgan fingerprint density at radius 2 is 1.80 bits per heavy atom. The molecule has 0 aromatic carbocycles. The minimum atomic E-state index is -3.46. The maximum absolute atomic E-state index is 11.4. The van der Waals surface area contributed by atoms with Gasteiger partial charge in [-0.15, -0.1) is 0 Å². The van der Waals surface area contributed by atoms with Crippen LogP contribution in [0.15, 0.2) is 0 Å². The average molecular weight is 307 g/mol. The first-order valence-electron chi connectivity index (χ1n) is 7.32. The van der Waals surface area contributed by atoms with Crippen LogP contribution in [0.5, 0.6) is 0 Å². The highest BCUT2D eigenvalue weighted by molar-refractivity contribution is 7.89. The average Bonchev–Trinajstić information content (AvgIpc) is 2.34. The summed E-state index contributed by atoms with van der Waals surface area (Å²) in [6, 6.07) is 0. The fourth-order valence-corrected chi connectivity index (χ4v) is 3.99. The van der Waals surface area contributed by atoms with Gasteiger partial charge in [0.15, 0.2) is 0 Å². The van der Waals surface area contributed by atoms with Crippen LogP contribution >= 0.6 is 0 Å². The molecule has 0 aromatic rings. The normalized spacial score (nSPS) is 20.0. The van der Waals surface area contributed by atoms with Gasteiger partial charge in [0.25, 0.3) is 0 Å². The number of hydrogen-bond acceptors (Lipinski definition) is 4. The van der Waals surface area contributed by atoms with Gasteiger partial charge in [-0.25, -0.2) is 13.6 Å². The first-order valence-corrected chi connectivity index (χ1v) is 9.03. The summed E-state index contributed by atoms with van der Waals surface area (Å²) < 4.78 is 34.0. The van der Waals surface area contributed by atoms with Crippen LogP contribution < -0.4 is 5.14 Å². The zero-order valence-corrected chi connectivity index (χ0v) is 13.8. The second-order valence-corrected chi connectivity index (χ2v) is 8.25. The lowest BCUT2D eigenvalue weighted by Gasteiger charge is -2.36. The summed E-state index contributed by atoms with van der Waals surface area (Å²) in [7, 11) is -1.77. The Hall–Kier alpha value is -0.170. The van der Waals surface area contributed by atoms with Gasteiger partial charge in [-0.2, -0.15) is 0 Å². The van der Waals surface area contributed by atoms with Crippen molar-refractivity contribution in [1.29, 1.82) is 0 Å². The maximum Gasteiger partial charge on any atom is 0.209 e. The molecule has 0 amide bonds. The lowest BCUT2D eigenvalue weighted by atomic mass is 9.76. The fourth-order valence-electron chi connectivity index (χ4n) is 2.77. The molecule has 5 nitrogen and oxygen atoms in total. The van der Waals surface area contributed by atoms with E-state index in [1.54, 1.807) is 7.11 Å². The highest BCUT2D eigenvalue weighted by Gasteiger charge is 2.36. The van der Waals surface area contributed by atoms with Crippen molar-refractivity contribution in [2.45, 2.75) is 58.0 Å². The molecule has 0 radical (unpaired) electrons. The molecule has 20 heavy (non-hydrogen) atoms. The van der Waals surface area contributed by atoms with Gasteiger partial charge in [0, 0.05) is 19.1 Å². The molecule has 0 atom stereocenters. The Bertz CT molecular complexity index is 386. The van der Waals surface area contributed by atoms with Gasteiger partial charge < -0.3 is 9.47 Å². The molecule has 0 aromatic heterocycles. The maximum atomic E-state index is 11.4. The van der Waals surface area contributed by atoms with E-state index in [1.165, 1.54) is 6.42 Å². The van der Waals surface area contributed by atoms with E-state index in [1.807, 2.05) is 13.8 Å². The van der Waals surface area contributed by atoms with E-state index < -0.39 is 10.0 Å². The minimum absolute atomic E-state index is 0.0354. The first-order chi connectivity index (χ1) is 9.18. The Morgan fingerprint density at radius 3 is 2.30 bits per heavy atom. The third kappa shape index (κ3) is 6.52. The number of methoxy groups -OCH3 is 1. The Morgan fingerprint density at radius 1 is 1.20 bits per heavy atom. The number of primary sulfonamides is 1. The molecular weight excluding hydrogens is 278 g/mol. The predicted molar refractivity (Wildman–Crippen MR) is 80.0 cm³/mol. The van der Waals surface area contributed by atoms with E-state index in [4.69, 9.17) is 14.6 Å². The van der Waals surface area contributed by atoms with Crippen molar-refractivity contribution >= 4 is 10.0 Å². The minimum Gasteiger partial charge on any atom is -0.381 e. The zero-order valence-electron chi connectivity index (χ0n) is 13.0. The molecule has 0 bridgehead atoms. The molecule has 1 fully saturated rings. The third-order valence-corrected chi connectivity index (χ3v) is 5.25. The fraction of sp³-hybridized carbons (Fsp3) is 1.00. The van der Waals surface area contributed by atoms with E-state index in [2.05, 4.69) is 0 Å². The molecule has 2 N–H and O–H groups in total. The van der Waals surface area contributed by atoms with Gasteiger partial charge in [0.1, 0.15) is 0 Å². The predicted octanol–water partition coefficient (Wildman–Crippen LogP) is 2.06. The molecule has 1 saturated carbocycles. The van der Waals surface area contributed by atoms with E-state index in [0.29, 0.717) is 13.2 Å². The highest BCUT2D eigenvalue weighted by Crippen LogP contribution is 2.37. The van der Waals surface area contributed by atoms with E-state index in [0.717, 1.165) is 32.1 Å². The summed E-state index contributed by atoms with van der Waals surface area (Å²) in [5.74, 6) is 0.0354. The molecule has 0 spiro atoms. The zero-order chi connectivity index (χ0) is 15.3. The van der Waals surface area contributed by atoms with Crippen molar-refractivity contribution in [2.75, 3.05) is 26.1 Å². The van der Waals surface area contributed by atoms with Crippen LogP contribution in [-0.2, 0) is 19.5 Å². The van der Waals surface area contributed by atoms with Crippen LogP contribution in [0.2, 0.25) is 0 Å². The number of hydrogen-bond donors (Lipinski definition) is 1. The van der Waals surface area contributed by atoms with Crippen molar-refractivity contribution in [3.05, 3.63) is 0 Å². The summed E-state index contributed by atoms with van der Waals surface area (Å²) >= 11 is 0. The summed E-state index contributed by atoms with van der Waals surface area (Å²) in [6.07, 6.45) is 5.84. The van der Waals surface area contributed by atoms with Crippen LogP contribution in [-0.4, -0.2) is 40.1 Å². The highest BCUT2D eigenvalue weighted by atomic mass is 32.2. The molecular formula is C14H29NO4S. The van der Waals surface area contributed by atoms with Crippen LogP contribution in [0.1, 0.15) is 52.4 Å². The second kappa shape index (κ2) is 7.20. The van der Waals surface area contributed by atoms with Crippen molar-refractivity contribution < 1.29 is 17.9 Å². The van der Waals surface area contributed by atoms with Gasteiger partial charge in [-0.3, -0.25) is 0 Å².